The van der Waals surface area contributed by atoms with E-state index in [0.717, 1.165) is 19.3 Å². The molecule has 4 N–H and O–H groups in total. The predicted molar refractivity (Wildman–Crippen MR) is 63.5 cm³/mol. The van der Waals surface area contributed by atoms with Crippen LogP contribution in [0.3, 0.4) is 0 Å². The van der Waals surface area contributed by atoms with Gasteiger partial charge in [-0.15, -0.1) is 0 Å². The minimum atomic E-state index is -1.38. The zero-order valence-corrected chi connectivity index (χ0v) is 10.5. The molecule has 1 aliphatic rings. The summed E-state index contributed by atoms with van der Waals surface area (Å²) in [6.07, 6.45) is 0.0961. The van der Waals surface area contributed by atoms with Crippen LogP contribution < -0.4 is 0 Å². The SMILES string of the molecule is CCCC/C=C/O[C@@H]1[C@@H](O)[C@H](O)[C@@H](CO)O[C@H]1O. The summed E-state index contributed by atoms with van der Waals surface area (Å²) in [7, 11) is 0. The van der Waals surface area contributed by atoms with Gasteiger partial charge >= 0.3 is 0 Å². The molecule has 0 radical (unpaired) electrons. The van der Waals surface area contributed by atoms with E-state index in [2.05, 4.69) is 6.92 Å². The van der Waals surface area contributed by atoms with Gasteiger partial charge in [0.1, 0.15) is 18.3 Å². The lowest BCUT2D eigenvalue weighted by molar-refractivity contribution is -0.287. The zero-order valence-electron chi connectivity index (χ0n) is 10.5. The number of allylic oxidation sites excluding steroid dienone is 1. The molecule has 5 atom stereocenters. The number of aliphatic hydroxyl groups is 4. The molecule has 0 bridgehead atoms. The molecule has 0 saturated carbocycles. The first-order chi connectivity index (χ1) is 8.61. The Morgan fingerprint density at radius 1 is 1.22 bits per heavy atom. The average molecular weight is 262 g/mol. The first kappa shape index (κ1) is 15.4. The first-order valence-electron chi connectivity index (χ1n) is 6.22. The first-order valence-corrected chi connectivity index (χ1v) is 6.22. The van der Waals surface area contributed by atoms with Gasteiger partial charge < -0.3 is 29.9 Å². The Hall–Kier alpha value is -0.660. The highest BCUT2D eigenvalue weighted by atomic mass is 16.7. The van der Waals surface area contributed by atoms with Gasteiger partial charge in [-0.05, 0) is 18.9 Å². The van der Waals surface area contributed by atoms with Gasteiger partial charge in [0.2, 0.25) is 0 Å². The van der Waals surface area contributed by atoms with E-state index in [1.54, 1.807) is 6.08 Å². The molecule has 6 heteroatoms. The van der Waals surface area contributed by atoms with Gasteiger partial charge in [0, 0.05) is 0 Å². The molecule has 0 aromatic rings. The second-order valence-corrected chi connectivity index (χ2v) is 4.34. The third kappa shape index (κ3) is 3.93. The fraction of sp³-hybridized carbons (Fsp3) is 0.833. The molecule has 1 fully saturated rings. The van der Waals surface area contributed by atoms with E-state index in [1.165, 1.54) is 6.26 Å². The van der Waals surface area contributed by atoms with Crippen molar-refractivity contribution in [2.24, 2.45) is 0 Å². The molecule has 1 aliphatic heterocycles. The number of rotatable bonds is 6. The maximum Gasteiger partial charge on any atom is 0.195 e. The standard InChI is InChI=1S/C12H22O6/c1-2-3-4-5-6-17-11-10(15)9(14)8(7-13)18-12(11)16/h5-6,8-16H,2-4,7H2,1H3/b6-5+/t8-,9-,10+,11-,12-/m1/s1. The van der Waals surface area contributed by atoms with Crippen LogP contribution in [-0.4, -0.2) is 57.7 Å². The zero-order chi connectivity index (χ0) is 13.5. The van der Waals surface area contributed by atoms with Crippen LogP contribution in [0.4, 0.5) is 0 Å². The summed E-state index contributed by atoms with van der Waals surface area (Å²) in [6, 6.07) is 0. The van der Waals surface area contributed by atoms with Gasteiger partial charge in [0.25, 0.3) is 0 Å². The summed E-state index contributed by atoms with van der Waals surface area (Å²) in [5.41, 5.74) is 0. The van der Waals surface area contributed by atoms with Gasteiger partial charge in [0.15, 0.2) is 12.4 Å². The average Bonchev–Trinajstić information content (AvgIpc) is 2.37. The molecule has 0 aromatic carbocycles. The van der Waals surface area contributed by atoms with Gasteiger partial charge in [0.05, 0.1) is 12.9 Å². The second kappa shape index (κ2) is 7.70. The Morgan fingerprint density at radius 2 is 1.94 bits per heavy atom. The summed E-state index contributed by atoms with van der Waals surface area (Å²) in [5.74, 6) is 0. The summed E-state index contributed by atoms with van der Waals surface area (Å²) in [4.78, 5) is 0. The van der Waals surface area contributed by atoms with E-state index >= 15 is 0 Å². The summed E-state index contributed by atoms with van der Waals surface area (Å²) < 4.78 is 10.1. The Kier molecular flexibility index (Phi) is 6.59. The Labute approximate surface area is 106 Å². The maximum atomic E-state index is 9.75. The summed E-state index contributed by atoms with van der Waals surface area (Å²) >= 11 is 0. The third-order valence-corrected chi connectivity index (χ3v) is 2.90. The molecule has 0 aromatic heterocycles. The number of hydrogen-bond acceptors (Lipinski definition) is 6. The fourth-order valence-corrected chi connectivity index (χ4v) is 1.75. The molecule has 0 unspecified atom stereocenters. The van der Waals surface area contributed by atoms with Crippen molar-refractivity contribution in [2.45, 2.75) is 56.9 Å². The summed E-state index contributed by atoms with van der Waals surface area (Å²) in [6.45, 7) is 1.59. The third-order valence-electron chi connectivity index (χ3n) is 2.90. The number of aliphatic hydroxyl groups excluding tert-OH is 4. The normalized spacial score (nSPS) is 37.1. The van der Waals surface area contributed by atoms with Crippen molar-refractivity contribution in [1.29, 1.82) is 0 Å². The van der Waals surface area contributed by atoms with E-state index < -0.39 is 37.3 Å². The van der Waals surface area contributed by atoms with E-state index in [9.17, 15) is 15.3 Å². The molecular weight excluding hydrogens is 240 g/mol. The van der Waals surface area contributed by atoms with Crippen molar-refractivity contribution >= 4 is 0 Å². The lowest BCUT2D eigenvalue weighted by Gasteiger charge is -2.39. The lowest BCUT2D eigenvalue weighted by atomic mass is 9.99. The van der Waals surface area contributed by atoms with Crippen LogP contribution in [0.5, 0.6) is 0 Å². The number of hydrogen-bond donors (Lipinski definition) is 4. The van der Waals surface area contributed by atoms with Crippen molar-refractivity contribution in [2.75, 3.05) is 6.61 Å². The molecule has 1 rings (SSSR count). The van der Waals surface area contributed by atoms with Crippen LogP contribution in [0.2, 0.25) is 0 Å². The van der Waals surface area contributed by atoms with Crippen LogP contribution in [0.15, 0.2) is 12.3 Å². The van der Waals surface area contributed by atoms with Crippen LogP contribution in [-0.2, 0) is 9.47 Å². The van der Waals surface area contributed by atoms with Crippen molar-refractivity contribution < 1.29 is 29.9 Å². The van der Waals surface area contributed by atoms with E-state index in [-0.39, 0.29) is 0 Å². The molecule has 1 heterocycles. The topological polar surface area (TPSA) is 99.4 Å². The highest BCUT2D eigenvalue weighted by Crippen LogP contribution is 2.22. The Balaban J connectivity index is 2.47. The molecule has 1 saturated heterocycles. The van der Waals surface area contributed by atoms with Crippen LogP contribution in [0.1, 0.15) is 26.2 Å². The van der Waals surface area contributed by atoms with Gasteiger partial charge in [-0.25, -0.2) is 0 Å². The minimum Gasteiger partial charge on any atom is -0.490 e. The van der Waals surface area contributed by atoms with E-state index in [4.69, 9.17) is 14.6 Å². The van der Waals surface area contributed by atoms with Crippen LogP contribution >= 0.6 is 0 Å². The molecule has 6 nitrogen and oxygen atoms in total. The smallest absolute Gasteiger partial charge is 0.195 e. The maximum absolute atomic E-state index is 9.75. The highest BCUT2D eigenvalue weighted by Gasteiger charge is 2.44. The monoisotopic (exact) mass is 262 g/mol. The molecule has 106 valence electrons. The van der Waals surface area contributed by atoms with Gasteiger partial charge in [-0.2, -0.15) is 0 Å². The lowest BCUT2D eigenvalue weighted by Crippen LogP contribution is -2.58. The predicted octanol–water partition coefficient (Wildman–Crippen LogP) is -0.493. The van der Waals surface area contributed by atoms with Crippen molar-refractivity contribution in [3.05, 3.63) is 12.3 Å². The molecule has 0 amide bonds. The quantitative estimate of drug-likeness (QED) is 0.381. The number of unbranched alkanes of at least 4 members (excludes halogenated alkanes) is 2. The van der Waals surface area contributed by atoms with Crippen LogP contribution in [0, 0.1) is 0 Å². The Bertz CT molecular complexity index is 257. The molecule has 0 spiro atoms. The number of ether oxygens (including phenoxy) is 2. The minimum absolute atomic E-state index is 0.478. The van der Waals surface area contributed by atoms with Gasteiger partial charge in [-0.1, -0.05) is 13.3 Å². The van der Waals surface area contributed by atoms with Crippen LogP contribution in [0.25, 0.3) is 0 Å². The molecular formula is C12H22O6. The van der Waals surface area contributed by atoms with Crippen molar-refractivity contribution in [1.82, 2.24) is 0 Å². The molecule has 0 aliphatic carbocycles. The fourth-order valence-electron chi connectivity index (χ4n) is 1.75. The van der Waals surface area contributed by atoms with E-state index in [1.807, 2.05) is 0 Å². The molecule has 18 heavy (non-hydrogen) atoms. The second-order valence-electron chi connectivity index (χ2n) is 4.34. The van der Waals surface area contributed by atoms with Crippen molar-refractivity contribution in [3.8, 4) is 0 Å². The van der Waals surface area contributed by atoms with E-state index in [0.29, 0.717) is 0 Å². The largest absolute Gasteiger partial charge is 0.490 e. The Morgan fingerprint density at radius 3 is 2.56 bits per heavy atom. The highest BCUT2D eigenvalue weighted by molar-refractivity contribution is 4.90. The van der Waals surface area contributed by atoms with Gasteiger partial charge in [-0.3, -0.25) is 0 Å². The van der Waals surface area contributed by atoms with Crippen molar-refractivity contribution in [3.63, 3.8) is 0 Å². The summed E-state index contributed by atoms with van der Waals surface area (Å²) in [5, 5.41) is 37.9.